The van der Waals surface area contributed by atoms with Crippen molar-refractivity contribution in [1.82, 2.24) is 0 Å². The molecule has 0 amide bonds. The Hall–Kier alpha value is -1.94. The number of aliphatic hydroxyl groups excluding tert-OH is 1. The lowest BCUT2D eigenvalue weighted by molar-refractivity contribution is 0.198. The van der Waals surface area contributed by atoms with Crippen molar-refractivity contribution in [3.8, 4) is 5.75 Å². The molecule has 0 unspecified atom stereocenters. The third-order valence-corrected chi connectivity index (χ3v) is 2.72. The van der Waals surface area contributed by atoms with Gasteiger partial charge in [0.25, 0.3) is 0 Å². The fourth-order valence-electron chi connectivity index (χ4n) is 1.68. The monoisotopic (exact) mass is 264 g/mol. The van der Waals surface area contributed by atoms with Gasteiger partial charge in [-0.3, -0.25) is 0 Å². The van der Waals surface area contributed by atoms with E-state index in [1.54, 1.807) is 25.1 Å². The Balaban J connectivity index is 2.07. The van der Waals surface area contributed by atoms with Gasteiger partial charge in [-0.2, -0.15) is 0 Å². The van der Waals surface area contributed by atoms with Crippen molar-refractivity contribution in [2.45, 2.75) is 19.6 Å². The summed E-state index contributed by atoms with van der Waals surface area (Å²) in [7, 11) is 0. The first kappa shape index (κ1) is 13.5. The zero-order valence-electron chi connectivity index (χ0n) is 10.4. The van der Waals surface area contributed by atoms with Crippen LogP contribution in [0, 0.1) is 11.6 Å². The molecule has 0 bridgehead atoms. The van der Waals surface area contributed by atoms with Gasteiger partial charge in [-0.25, -0.2) is 8.78 Å². The lowest BCUT2D eigenvalue weighted by Gasteiger charge is -2.10. The van der Waals surface area contributed by atoms with Crippen molar-refractivity contribution in [3.05, 3.63) is 65.2 Å². The van der Waals surface area contributed by atoms with Crippen LogP contribution in [0.1, 0.15) is 24.2 Å². The van der Waals surface area contributed by atoms with Crippen LogP contribution in [0.5, 0.6) is 5.75 Å². The second-order valence-electron chi connectivity index (χ2n) is 4.28. The van der Waals surface area contributed by atoms with Crippen LogP contribution < -0.4 is 4.74 Å². The van der Waals surface area contributed by atoms with Gasteiger partial charge in [-0.05, 0) is 42.3 Å². The summed E-state index contributed by atoms with van der Waals surface area (Å²) >= 11 is 0. The summed E-state index contributed by atoms with van der Waals surface area (Å²) in [5, 5.41) is 9.33. The van der Waals surface area contributed by atoms with E-state index < -0.39 is 11.9 Å². The molecule has 0 fully saturated rings. The van der Waals surface area contributed by atoms with Crippen LogP contribution in [0.25, 0.3) is 0 Å². The van der Waals surface area contributed by atoms with Gasteiger partial charge in [0.1, 0.15) is 12.4 Å². The van der Waals surface area contributed by atoms with E-state index in [2.05, 4.69) is 0 Å². The first-order valence-electron chi connectivity index (χ1n) is 5.91. The van der Waals surface area contributed by atoms with Crippen molar-refractivity contribution >= 4 is 0 Å². The molecule has 2 nitrogen and oxygen atoms in total. The zero-order chi connectivity index (χ0) is 13.8. The number of hydrogen-bond acceptors (Lipinski definition) is 2. The second-order valence-corrected chi connectivity index (χ2v) is 4.28. The summed E-state index contributed by atoms with van der Waals surface area (Å²) in [6, 6.07) is 10.2. The Morgan fingerprint density at radius 2 is 1.95 bits per heavy atom. The summed E-state index contributed by atoms with van der Waals surface area (Å²) in [6.07, 6.45) is -0.730. The summed E-state index contributed by atoms with van der Waals surface area (Å²) in [4.78, 5) is 0. The topological polar surface area (TPSA) is 29.5 Å². The molecule has 0 saturated carbocycles. The molecule has 0 saturated heterocycles. The first-order valence-corrected chi connectivity index (χ1v) is 5.91. The summed E-state index contributed by atoms with van der Waals surface area (Å²) in [5.74, 6) is -0.825. The molecule has 0 radical (unpaired) electrons. The van der Waals surface area contributed by atoms with Crippen LogP contribution in [-0.2, 0) is 6.61 Å². The van der Waals surface area contributed by atoms with Gasteiger partial charge in [-0.15, -0.1) is 0 Å². The van der Waals surface area contributed by atoms with Crippen LogP contribution in [0.15, 0.2) is 42.5 Å². The summed E-state index contributed by atoms with van der Waals surface area (Å²) in [5.41, 5.74) is 1.11. The molecule has 0 aliphatic heterocycles. The summed E-state index contributed by atoms with van der Waals surface area (Å²) in [6.45, 7) is 1.64. The Kier molecular flexibility index (Phi) is 4.12. The molecular weight excluding hydrogens is 250 g/mol. The van der Waals surface area contributed by atoms with Crippen molar-refractivity contribution < 1.29 is 18.6 Å². The number of rotatable bonds is 4. The van der Waals surface area contributed by atoms with E-state index in [-0.39, 0.29) is 18.2 Å². The standard InChI is InChI=1S/C15H14F2O2/c1-10(18)12-5-6-15(14(17)8-12)19-9-11-3-2-4-13(16)7-11/h2-8,10,18H,9H2,1H3/t10-/m0/s1. The van der Waals surface area contributed by atoms with E-state index in [0.717, 1.165) is 0 Å². The fraction of sp³-hybridized carbons (Fsp3) is 0.200. The Morgan fingerprint density at radius 3 is 2.58 bits per heavy atom. The fourth-order valence-corrected chi connectivity index (χ4v) is 1.68. The Labute approximate surface area is 110 Å². The second kappa shape index (κ2) is 5.80. The average Bonchev–Trinajstić information content (AvgIpc) is 2.37. The van der Waals surface area contributed by atoms with Gasteiger partial charge >= 0.3 is 0 Å². The average molecular weight is 264 g/mol. The predicted molar refractivity (Wildman–Crippen MR) is 67.8 cm³/mol. The minimum atomic E-state index is -0.730. The Bertz CT molecular complexity index is 568. The highest BCUT2D eigenvalue weighted by Crippen LogP contribution is 2.22. The van der Waals surface area contributed by atoms with E-state index in [1.807, 2.05) is 0 Å². The molecule has 1 atom stereocenters. The minimum absolute atomic E-state index is 0.0775. The maximum absolute atomic E-state index is 13.7. The summed E-state index contributed by atoms with van der Waals surface area (Å²) < 4.78 is 31.9. The number of halogens is 2. The van der Waals surface area contributed by atoms with Crippen LogP contribution in [0.3, 0.4) is 0 Å². The van der Waals surface area contributed by atoms with Gasteiger partial charge < -0.3 is 9.84 Å². The number of aliphatic hydroxyl groups is 1. The number of benzene rings is 2. The highest BCUT2D eigenvalue weighted by molar-refractivity contribution is 5.30. The molecule has 0 spiro atoms. The molecule has 2 rings (SSSR count). The molecule has 0 heterocycles. The normalized spacial score (nSPS) is 12.2. The minimum Gasteiger partial charge on any atom is -0.486 e. The quantitative estimate of drug-likeness (QED) is 0.914. The molecule has 100 valence electrons. The van der Waals surface area contributed by atoms with Crippen molar-refractivity contribution in [2.24, 2.45) is 0 Å². The van der Waals surface area contributed by atoms with Crippen LogP contribution >= 0.6 is 0 Å². The van der Waals surface area contributed by atoms with E-state index in [4.69, 9.17) is 4.74 Å². The van der Waals surface area contributed by atoms with Crippen LogP contribution in [0.4, 0.5) is 8.78 Å². The van der Waals surface area contributed by atoms with Gasteiger partial charge in [0.05, 0.1) is 6.10 Å². The maximum Gasteiger partial charge on any atom is 0.165 e. The molecule has 2 aromatic rings. The zero-order valence-corrected chi connectivity index (χ0v) is 10.4. The third-order valence-electron chi connectivity index (χ3n) is 2.72. The highest BCUT2D eigenvalue weighted by Gasteiger charge is 2.08. The highest BCUT2D eigenvalue weighted by atomic mass is 19.1. The van der Waals surface area contributed by atoms with E-state index in [9.17, 15) is 13.9 Å². The molecule has 19 heavy (non-hydrogen) atoms. The van der Waals surface area contributed by atoms with Gasteiger partial charge in [0.2, 0.25) is 0 Å². The molecule has 0 aromatic heterocycles. The molecule has 2 aromatic carbocycles. The smallest absolute Gasteiger partial charge is 0.165 e. The van der Waals surface area contributed by atoms with Crippen LogP contribution in [-0.4, -0.2) is 5.11 Å². The largest absolute Gasteiger partial charge is 0.486 e. The molecule has 0 aliphatic carbocycles. The van der Waals surface area contributed by atoms with Gasteiger partial charge in [0, 0.05) is 0 Å². The van der Waals surface area contributed by atoms with Gasteiger partial charge in [-0.1, -0.05) is 18.2 Å². The molecule has 4 heteroatoms. The van der Waals surface area contributed by atoms with Crippen molar-refractivity contribution in [2.75, 3.05) is 0 Å². The number of hydrogen-bond donors (Lipinski definition) is 1. The van der Waals surface area contributed by atoms with E-state index >= 15 is 0 Å². The van der Waals surface area contributed by atoms with Crippen LogP contribution in [0.2, 0.25) is 0 Å². The lowest BCUT2D eigenvalue weighted by atomic mass is 10.1. The third kappa shape index (κ3) is 3.51. The van der Waals surface area contributed by atoms with Gasteiger partial charge in [0.15, 0.2) is 11.6 Å². The number of ether oxygens (including phenoxy) is 1. The molecular formula is C15H14F2O2. The van der Waals surface area contributed by atoms with E-state index in [1.165, 1.54) is 24.3 Å². The molecule has 0 aliphatic rings. The predicted octanol–water partition coefficient (Wildman–Crippen LogP) is 3.60. The van der Waals surface area contributed by atoms with Crippen molar-refractivity contribution in [3.63, 3.8) is 0 Å². The van der Waals surface area contributed by atoms with E-state index in [0.29, 0.717) is 11.1 Å². The SMILES string of the molecule is C[C@H](O)c1ccc(OCc2cccc(F)c2)c(F)c1. The molecule has 1 N–H and O–H groups in total. The lowest BCUT2D eigenvalue weighted by Crippen LogP contribution is -1.99. The van der Waals surface area contributed by atoms with Crippen molar-refractivity contribution in [1.29, 1.82) is 0 Å². The Morgan fingerprint density at radius 1 is 1.16 bits per heavy atom. The maximum atomic E-state index is 13.7. The first-order chi connectivity index (χ1) is 9.06.